The molecule has 0 amide bonds. The summed E-state index contributed by atoms with van der Waals surface area (Å²) in [7, 11) is 3.82. The van der Waals surface area contributed by atoms with Crippen LogP contribution in [0.1, 0.15) is 31.2 Å². The van der Waals surface area contributed by atoms with Gasteiger partial charge in [-0.25, -0.2) is 4.39 Å². The van der Waals surface area contributed by atoms with Crippen LogP contribution in [-0.2, 0) is 10.2 Å². The third-order valence-corrected chi connectivity index (χ3v) is 5.07. The highest BCUT2D eigenvalue weighted by Crippen LogP contribution is 2.47. The van der Waals surface area contributed by atoms with Crippen LogP contribution in [0.2, 0.25) is 0 Å². The van der Waals surface area contributed by atoms with E-state index in [1.54, 1.807) is 19.2 Å². The predicted molar refractivity (Wildman–Crippen MR) is 110 cm³/mol. The van der Waals surface area contributed by atoms with Crippen LogP contribution >= 0.6 is 24.0 Å². The van der Waals surface area contributed by atoms with Crippen LogP contribution in [0.25, 0.3) is 0 Å². The second-order valence-corrected chi connectivity index (χ2v) is 7.13. The van der Waals surface area contributed by atoms with Crippen molar-refractivity contribution in [3.05, 3.63) is 35.6 Å². The number of guanidine groups is 1. The van der Waals surface area contributed by atoms with Gasteiger partial charge in [-0.05, 0) is 49.3 Å². The normalized spacial score (nSPS) is 18.4. The Morgan fingerprint density at radius 2 is 2.16 bits per heavy atom. The first-order valence-corrected chi connectivity index (χ1v) is 8.88. The van der Waals surface area contributed by atoms with Gasteiger partial charge in [0, 0.05) is 39.2 Å². The molecule has 2 saturated carbocycles. The lowest BCUT2D eigenvalue weighted by Gasteiger charge is -2.25. The van der Waals surface area contributed by atoms with Crippen LogP contribution in [-0.4, -0.2) is 51.3 Å². The lowest BCUT2D eigenvalue weighted by molar-refractivity contribution is 0.115. The topological polar surface area (TPSA) is 36.9 Å². The minimum absolute atomic E-state index is 0. The van der Waals surface area contributed by atoms with Crippen molar-refractivity contribution in [3.63, 3.8) is 0 Å². The van der Waals surface area contributed by atoms with Crippen molar-refractivity contribution >= 4 is 29.9 Å². The number of likely N-dealkylation sites (N-methyl/N-ethyl adjacent to an activating group) is 1. The molecule has 0 unspecified atom stereocenters. The zero-order valence-corrected chi connectivity index (χ0v) is 17.5. The third kappa shape index (κ3) is 5.81. The predicted octanol–water partition coefficient (Wildman–Crippen LogP) is 3.41. The molecule has 1 aromatic carbocycles. The molecular weight excluding hydrogens is 432 g/mol. The standard InChI is InChI=1S/C19H28FN3O.HI/c1-21-18(23(2)10-11-24-13-15-6-7-15)22-14-19(8-9-19)16-4-3-5-17(20)12-16;/h3-5,12,15H,6-11,13-14H2,1-2H3,(H,21,22);1H. The second-order valence-electron chi connectivity index (χ2n) is 7.13. The molecule has 0 aliphatic heterocycles. The van der Waals surface area contributed by atoms with E-state index in [0.29, 0.717) is 0 Å². The minimum Gasteiger partial charge on any atom is -0.379 e. The molecule has 1 N–H and O–H groups in total. The van der Waals surface area contributed by atoms with Crippen molar-refractivity contribution in [2.45, 2.75) is 31.1 Å². The van der Waals surface area contributed by atoms with E-state index >= 15 is 0 Å². The molecule has 2 aliphatic rings. The molecule has 0 aromatic heterocycles. The largest absolute Gasteiger partial charge is 0.379 e. The second kappa shape index (κ2) is 9.16. The number of hydrogen-bond donors (Lipinski definition) is 1. The molecule has 0 atom stereocenters. The molecule has 0 radical (unpaired) electrons. The monoisotopic (exact) mass is 461 g/mol. The third-order valence-electron chi connectivity index (χ3n) is 5.07. The Hall–Kier alpha value is -0.890. The van der Waals surface area contributed by atoms with Gasteiger partial charge < -0.3 is 15.0 Å². The first kappa shape index (κ1) is 20.4. The zero-order valence-electron chi connectivity index (χ0n) is 15.1. The van der Waals surface area contributed by atoms with Crippen LogP contribution in [0.3, 0.4) is 0 Å². The molecule has 0 spiro atoms. The average Bonchev–Trinajstić information content (AvgIpc) is 3.47. The van der Waals surface area contributed by atoms with Gasteiger partial charge in [0.1, 0.15) is 5.82 Å². The number of rotatable bonds is 8. The summed E-state index contributed by atoms with van der Waals surface area (Å²) >= 11 is 0. The van der Waals surface area contributed by atoms with Crippen LogP contribution in [0, 0.1) is 11.7 Å². The van der Waals surface area contributed by atoms with E-state index in [1.165, 1.54) is 18.9 Å². The van der Waals surface area contributed by atoms with E-state index in [-0.39, 0.29) is 35.2 Å². The Bertz CT molecular complexity index is 588. The fourth-order valence-electron chi connectivity index (χ4n) is 3.01. The first-order chi connectivity index (χ1) is 11.6. The molecule has 6 heteroatoms. The van der Waals surface area contributed by atoms with Gasteiger partial charge in [-0.3, -0.25) is 4.99 Å². The van der Waals surface area contributed by atoms with Crippen molar-refractivity contribution < 1.29 is 9.13 Å². The molecule has 0 saturated heterocycles. The van der Waals surface area contributed by atoms with Crippen molar-refractivity contribution in [2.75, 3.05) is 40.4 Å². The zero-order chi connectivity index (χ0) is 17.0. The summed E-state index contributed by atoms with van der Waals surface area (Å²) in [5.74, 6) is 1.51. The van der Waals surface area contributed by atoms with Crippen LogP contribution in [0.5, 0.6) is 0 Å². The molecule has 25 heavy (non-hydrogen) atoms. The van der Waals surface area contributed by atoms with Gasteiger partial charge in [-0.1, -0.05) is 12.1 Å². The van der Waals surface area contributed by atoms with E-state index in [4.69, 9.17) is 4.74 Å². The number of halogens is 2. The average molecular weight is 461 g/mol. The molecule has 0 heterocycles. The minimum atomic E-state index is -0.159. The lowest BCUT2D eigenvalue weighted by atomic mass is 9.96. The van der Waals surface area contributed by atoms with Gasteiger partial charge in [0.15, 0.2) is 5.96 Å². The Morgan fingerprint density at radius 3 is 2.76 bits per heavy atom. The SMILES string of the molecule is CN=C(NCC1(c2cccc(F)c2)CC1)N(C)CCOCC1CC1.I. The van der Waals surface area contributed by atoms with Gasteiger partial charge in [-0.15, -0.1) is 24.0 Å². The first-order valence-electron chi connectivity index (χ1n) is 8.88. The Balaban J connectivity index is 0.00000225. The quantitative estimate of drug-likeness (QED) is 0.279. The summed E-state index contributed by atoms with van der Waals surface area (Å²) in [6.07, 6.45) is 4.83. The highest BCUT2D eigenvalue weighted by atomic mass is 127. The van der Waals surface area contributed by atoms with Crippen LogP contribution in [0.15, 0.2) is 29.3 Å². The molecule has 2 fully saturated rings. The summed E-state index contributed by atoms with van der Waals surface area (Å²) < 4.78 is 19.2. The maximum atomic E-state index is 13.5. The molecule has 1 aromatic rings. The molecule has 2 aliphatic carbocycles. The van der Waals surface area contributed by atoms with Gasteiger partial charge in [0.05, 0.1) is 6.61 Å². The van der Waals surface area contributed by atoms with E-state index in [0.717, 1.165) is 56.6 Å². The van der Waals surface area contributed by atoms with E-state index in [1.807, 2.05) is 13.1 Å². The summed E-state index contributed by atoms with van der Waals surface area (Å²) in [6, 6.07) is 6.98. The summed E-state index contributed by atoms with van der Waals surface area (Å²) in [5, 5.41) is 3.45. The number of nitrogens with one attached hydrogen (secondary N) is 1. The maximum Gasteiger partial charge on any atom is 0.193 e. The summed E-state index contributed by atoms with van der Waals surface area (Å²) in [6.45, 7) is 3.22. The van der Waals surface area contributed by atoms with Gasteiger partial charge in [-0.2, -0.15) is 0 Å². The molecule has 4 nitrogen and oxygen atoms in total. The Kier molecular flexibility index (Phi) is 7.49. The van der Waals surface area contributed by atoms with E-state index < -0.39 is 0 Å². The molecule has 140 valence electrons. The number of nitrogens with zero attached hydrogens (tertiary/aromatic N) is 2. The maximum absolute atomic E-state index is 13.5. The number of aliphatic imine (C=N–C) groups is 1. The van der Waals surface area contributed by atoms with Crippen LogP contribution in [0.4, 0.5) is 4.39 Å². The van der Waals surface area contributed by atoms with Crippen LogP contribution < -0.4 is 5.32 Å². The Morgan fingerprint density at radius 1 is 1.40 bits per heavy atom. The number of ether oxygens (including phenoxy) is 1. The van der Waals surface area contributed by atoms with Gasteiger partial charge in [0.25, 0.3) is 0 Å². The molecule has 3 rings (SSSR count). The highest BCUT2D eigenvalue weighted by molar-refractivity contribution is 14.0. The van der Waals surface area contributed by atoms with Crippen molar-refractivity contribution in [1.29, 1.82) is 0 Å². The van der Waals surface area contributed by atoms with E-state index in [2.05, 4.69) is 15.2 Å². The fourth-order valence-corrected chi connectivity index (χ4v) is 3.01. The number of hydrogen-bond acceptors (Lipinski definition) is 2. The Labute approximate surface area is 167 Å². The number of benzene rings is 1. The molecule has 0 bridgehead atoms. The fraction of sp³-hybridized carbons (Fsp3) is 0.632. The van der Waals surface area contributed by atoms with Gasteiger partial charge >= 0.3 is 0 Å². The van der Waals surface area contributed by atoms with Crippen molar-refractivity contribution in [1.82, 2.24) is 10.2 Å². The lowest BCUT2D eigenvalue weighted by Crippen LogP contribution is -2.43. The van der Waals surface area contributed by atoms with Crippen molar-refractivity contribution in [3.8, 4) is 0 Å². The van der Waals surface area contributed by atoms with Crippen molar-refractivity contribution in [2.24, 2.45) is 10.9 Å². The van der Waals surface area contributed by atoms with E-state index in [9.17, 15) is 4.39 Å². The van der Waals surface area contributed by atoms with Gasteiger partial charge in [0.2, 0.25) is 0 Å². The molecular formula is C19H29FIN3O. The highest BCUT2D eigenvalue weighted by Gasteiger charge is 2.44. The summed E-state index contributed by atoms with van der Waals surface area (Å²) in [4.78, 5) is 6.45. The smallest absolute Gasteiger partial charge is 0.193 e. The summed E-state index contributed by atoms with van der Waals surface area (Å²) in [5.41, 5.74) is 1.14.